The van der Waals surface area contributed by atoms with Gasteiger partial charge in [0.1, 0.15) is 5.75 Å². The number of aryl methyl sites for hydroxylation is 2. The van der Waals surface area contributed by atoms with Crippen molar-refractivity contribution in [1.29, 1.82) is 0 Å². The lowest BCUT2D eigenvalue weighted by Gasteiger charge is -2.12. The predicted molar refractivity (Wildman–Crippen MR) is 91.2 cm³/mol. The van der Waals surface area contributed by atoms with E-state index in [4.69, 9.17) is 4.74 Å². The highest BCUT2D eigenvalue weighted by molar-refractivity contribution is 6.05. The van der Waals surface area contributed by atoms with Gasteiger partial charge in [0.05, 0.1) is 12.8 Å². The molecule has 120 valence electrons. The number of carbonyl (C=O) groups excluding carboxylic acids is 2. The minimum Gasteiger partial charge on any atom is -0.494 e. The van der Waals surface area contributed by atoms with Gasteiger partial charge in [0, 0.05) is 24.2 Å². The molecule has 2 N–H and O–H groups in total. The second-order valence-electron chi connectivity index (χ2n) is 5.37. The maximum Gasteiger partial charge on any atom is 0.255 e. The van der Waals surface area contributed by atoms with Crippen LogP contribution in [0.15, 0.2) is 36.4 Å². The summed E-state index contributed by atoms with van der Waals surface area (Å²) < 4.78 is 5.25. The van der Waals surface area contributed by atoms with Crippen LogP contribution >= 0.6 is 0 Å². The lowest BCUT2D eigenvalue weighted by Crippen LogP contribution is -2.14. The Bertz CT molecular complexity index is 754. The van der Waals surface area contributed by atoms with E-state index in [1.165, 1.54) is 14.0 Å². The molecule has 0 saturated carbocycles. The largest absolute Gasteiger partial charge is 0.494 e. The molecule has 0 bridgehead atoms. The molecule has 23 heavy (non-hydrogen) atoms. The first kappa shape index (κ1) is 16.5. The molecular formula is C18H20N2O3. The van der Waals surface area contributed by atoms with Crippen LogP contribution < -0.4 is 15.4 Å². The summed E-state index contributed by atoms with van der Waals surface area (Å²) in [5.74, 6) is 0.120. The molecule has 0 fully saturated rings. The van der Waals surface area contributed by atoms with Gasteiger partial charge in [0.2, 0.25) is 5.91 Å². The van der Waals surface area contributed by atoms with Crippen LogP contribution in [0.25, 0.3) is 0 Å². The van der Waals surface area contributed by atoms with Crippen molar-refractivity contribution in [3.8, 4) is 5.75 Å². The zero-order valence-corrected chi connectivity index (χ0v) is 13.7. The van der Waals surface area contributed by atoms with Gasteiger partial charge in [0.25, 0.3) is 5.91 Å². The van der Waals surface area contributed by atoms with E-state index in [2.05, 4.69) is 10.6 Å². The lowest BCUT2D eigenvalue weighted by molar-refractivity contribution is -0.114. The molecule has 0 heterocycles. The Kier molecular flexibility index (Phi) is 5.01. The van der Waals surface area contributed by atoms with Crippen LogP contribution in [0.5, 0.6) is 5.75 Å². The molecule has 0 radical (unpaired) electrons. The summed E-state index contributed by atoms with van der Waals surface area (Å²) in [6.45, 7) is 5.27. The number of rotatable bonds is 4. The van der Waals surface area contributed by atoms with E-state index in [-0.39, 0.29) is 11.8 Å². The van der Waals surface area contributed by atoms with Crippen molar-refractivity contribution in [2.75, 3.05) is 17.7 Å². The second-order valence-corrected chi connectivity index (χ2v) is 5.37. The van der Waals surface area contributed by atoms with Crippen LogP contribution in [0, 0.1) is 13.8 Å². The molecule has 0 spiro atoms. The highest BCUT2D eigenvalue weighted by Crippen LogP contribution is 2.28. The Morgan fingerprint density at radius 2 is 1.74 bits per heavy atom. The van der Waals surface area contributed by atoms with Gasteiger partial charge in [0.15, 0.2) is 0 Å². The summed E-state index contributed by atoms with van der Waals surface area (Å²) >= 11 is 0. The minimum atomic E-state index is -0.185. The monoisotopic (exact) mass is 312 g/mol. The number of ether oxygens (including phenoxy) is 1. The van der Waals surface area contributed by atoms with E-state index in [1.807, 2.05) is 32.0 Å². The Morgan fingerprint density at radius 1 is 1.00 bits per heavy atom. The highest BCUT2D eigenvalue weighted by Gasteiger charge is 2.11. The number of anilines is 2. The maximum atomic E-state index is 12.4. The van der Waals surface area contributed by atoms with Gasteiger partial charge in [-0.3, -0.25) is 9.59 Å². The highest BCUT2D eigenvalue weighted by atomic mass is 16.5. The maximum absolute atomic E-state index is 12.4. The third kappa shape index (κ3) is 4.10. The molecule has 0 aliphatic rings. The van der Waals surface area contributed by atoms with Gasteiger partial charge < -0.3 is 15.4 Å². The Morgan fingerprint density at radius 3 is 2.39 bits per heavy atom. The molecule has 2 aromatic rings. The first-order valence-corrected chi connectivity index (χ1v) is 7.25. The van der Waals surface area contributed by atoms with Crippen LogP contribution in [-0.2, 0) is 4.79 Å². The summed E-state index contributed by atoms with van der Waals surface area (Å²) in [5, 5.41) is 5.53. The zero-order chi connectivity index (χ0) is 17.0. The van der Waals surface area contributed by atoms with Crippen molar-refractivity contribution in [2.45, 2.75) is 20.8 Å². The minimum absolute atomic E-state index is 0.180. The number of benzene rings is 2. The third-order valence-electron chi connectivity index (χ3n) is 3.41. The molecule has 2 amide bonds. The van der Waals surface area contributed by atoms with Gasteiger partial charge in [-0.25, -0.2) is 0 Å². The molecule has 2 aromatic carbocycles. The fourth-order valence-corrected chi connectivity index (χ4v) is 2.24. The second kappa shape index (κ2) is 6.96. The number of amides is 2. The van der Waals surface area contributed by atoms with Crippen molar-refractivity contribution in [3.63, 3.8) is 0 Å². The van der Waals surface area contributed by atoms with Crippen LogP contribution in [0.4, 0.5) is 11.4 Å². The van der Waals surface area contributed by atoms with Crippen LogP contribution in [0.1, 0.15) is 28.4 Å². The van der Waals surface area contributed by atoms with E-state index in [0.717, 1.165) is 11.1 Å². The van der Waals surface area contributed by atoms with Crippen molar-refractivity contribution in [3.05, 3.63) is 53.1 Å². The fraction of sp³-hybridized carbons (Fsp3) is 0.222. The first-order chi connectivity index (χ1) is 10.9. The predicted octanol–water partition coefficient (Wildman–Crippen LogP) is 3.52. The lowest BCUT2D eigenvalue weighted by atomic mass is 10.0. The van der Waals surface area contributed by atoms with E-state index in [1.54, 1.807) is 18.2 Å². The number of carbonyl (C=O) groups is 2. The third-order valence-corrected chi connectivity index (χ3v) is 3.41. The molecule has 0 unspecified atom stereocenters. The molecule has 0 saturated heterocycles. The standard InChI is InChI=1S/C18H20N2O3/c1-11-5-6-12(2)15(9-11)18(22)20-14-7-8-16(19-13(3)21)17(10-14)23-4/h5-10H,1-4H3,(H,19,21)(H,20,22). The first-order valence-electron chi connectivity index (χ1n) is 7.25. The molecular weight excluding hydrogens is 292 g/mol. The molecule has 0 atom stereocenters. The van der Waals surface area contributed by atoms with Gasteiger partial charge in [-0.2, -0.15) is 0 Å². The zero-order valence-electron chi connectivity index (χ0n) is 13.7. The van der Waals surface area contributed by atoms with Crippen molar-refractivity contribution < 1.29 is 14.3 Å². The molecule has 0 aromatic heterocycles. The van der Waals surface area contributed by atoms with E-state index in [0.29, 0.717) is 22.7 Å². The molecule has 0 aliphatic heterocycles. The molecule has 0 aliphatic carbocycles. The summed E-state index contributed by atoms with van der Waals surface area (Å²) in [6.07, 6.45) is 0. The average Bonchev–Trinajstić information content (AvgIpc) is 2.50. The number of nitrogens with one attached hydrogen (secondary N) is 2. The van der Waals surface area contributed by atoms with Crippen molar-refractivity contribution in [2.24, 2.45) is 0 Å². The van der Waals surface area contributed by atoms with Gasteiger partial charge >= 0.3 is 0 Å². The van der Waals surface area contributed by atoms with Crippen LogP contribution in [-0.4, -0.2) is 18.9 Å². The molecule has 5 nitrogen and oxygen atoms in total. The van der Waals surface area contributed by atoms with Crippen molar-refractivity contribution in [1.82, 2.24) is 0 Å². The summed E-state index contributed by atoms with van der Waals surface area (Å²) in [4.78, 5) is 23.6. The van der Waals surface area contributed by atoms with E-state index in [9.17, 15) is 9.59 Å². The smallest absolute Gasteiger partial charge is 0.255 e. The van der Waals surface area contributed by atoms with Crippen molar-refractivity contribution >= 4 is 23.2 Å². The number of methoxy groups -OCH3 is 1. The number of hydrogen-bond donors (Lipinski definition) is 2. The summed E-state index contributed by atoms with van der Waals surface area (Å²) in [7, 11) is 1.51. The summed E-state index contributed by atoms with van der Waals surface area (Å²) in [6, 6.07) is 10.8. The van der Waals surface area contributed by atoms with E-state index < -0.39 is 0 Å². The molecule has 5 heteroatoms. The van der Waals surface area contributed by atoms with Gasteiger partial charge in [-0.05, 0) is 37.6 Å². The van der Waals surface area contributed by atoms with E-state index >= 15 is 0 Å². The SMILES string of the molecule is COc1cc(NC(=O)c2cc(C)ccc2C)ccc1NC(C)=O. The molecule has 2 rings (SSSR count). The number of hydrogen-bond acceptors (Lipinski definition) is 3. The topological polar surface area (TPSA) is 67.4 Å². The normalized spacial score (nSPS) is 10.1. The van der Waals surface area contributed by atoms with Crippen LogP contribution in [0.3, 0.4) is 0 Å². The van der Waals surface area contributed by atoms with Crippen LogP contribution in [0.2, 0.25) is 0 Å². The van der Waals surface area contributed by atoms with Gasteiger partial charge in [-0.15, -0.1) is 0 Å². The Labute approximate surface area is 135 Å². The quantitative estimate of drug-likeness (QED) is 0.907. The Hall–Kier alpha value is -2.82. The average molecular weight is 312 g/mol. The fourth-order valence-electron chi connectivity index (χ4n) is 2.24. The Balaban J connectivity index is 2.24. The van der Waals surface area contributed by atoms with Gasteiger partial charge in [-0.1, -0.05) is 17.7 Å². The summed E-state index contributed by atoms with van der Waals surface area (Å²) in [5.41, 5.74) is 3.73.